The first-order valence-corrected chi connectivity index (χ1v) is 9.76. The van der Waals surface area contributed by atoms with E-state index in [0.29, 0.717) is 0 Å². The highest BCUT2D eigenvalue weighted by atomic mass is 19.1. The van der Waals surface area contributed by atoms with Crippen molar-refractivity contribution in [1.82, 2.24) is 9.99 Å². The number of aromatic nitrogens is 1. The number of rotatable bonds is 5. The third-order valence-electron chi connectivity index (χ3n) is 5.18. The Morgan fingerprint density at radius 2 is 1.77 bits per heavy atom. The smallest absolute Gasteiger partial charge is 0.244 e. The lowest BCUT2D eigenvalue weighted by Crippen LogP contribution is -2.19. The van der Waals surface area contributed by atoms with E-state index in [0.717, 1.165) is 39.0 Å². The van der Waals surface area contributed by atoms with Gasteiger partial charge in [-0.1, -0.05) is 42.5 Å². The van der Waals surface area contributed by atoms with Crippen LogP contribution >= 0.6 is 0 Å². The average molecular weight is 399 g/mol. The molecule has 1 amide bonds. The fourth-order valence-electron chi connectivity index (χ4n) is 3.74. The fourth-order valence-corrected chi connectivity index (χ4v) is 3.74. The molecule has 0 fully saturated rings. The zero-order valence-corrected chi connectivity index (χ0v) is 16.9. The van der Waals surface area contributed by atoms with Crippen LogP contribution in [0.15, 0.2) is 77.9 Å². The molecule has 5 heteroatoms. The van der Waals surface area contributed by atoms with Crippen molar-refractivity contribution in [2.45, 2.75) is 20.3 Å². The van der Waals surface area contributed by atoms with Crippen molar-refractivity contribution in [3.8, 4) is 5.69 Å². The Bertz CT molecular complexity index is 1230. The zero-order chi connectivity index (χ0) is 21.1. The number of amides is 1. The quantitative estimate of drug-likeness (QED) is 0.369. The highest BCUT2D eigenvalue weighted by Crippen LogP contribution is 2.20. The number of nitrogens with one attached hydrogen (secondary N) is 1. The summed E-state index contributed by atoms with van der Waals surface area (Å²) in [7, 11) is 0. The maximum atomic E-state index is 13.2. The molecule has 0 bridgehead atoms. The lowest BCUT2D eigenvalue weighted by molar-refractivity contribution is -0.120. The molecule has 0 saturated carbocycles. The molecule has 0 unspecified atom stereocenters. The largest absolute Gasteiger partial charge is 0.318 e. The van der Waals surface area contributed by atoms with Crippen LogP contribution < -0.4 is 5.43 Å². The van der Waals surface area contributed by atoms with Crippen molar-refractivity contribution in [3.63, 3.8) is 0 Å². The van der Waals surface area contributed by atoms with Crippen LogP contribution in [0.5, 0.6) is 0 Å². The number of hydrogen-bond acceptors (Lipinski definition) is 2. The molecule has 0 radical (unpaired) electrons. The molecule has 150 valence electrons. The summed E-state index contributed by atoms with van der Waals surface area (Å²) in [5, 5.41) is 6.32. The summed E-state index contributed by atoms with van der Waals surface area (Å²) in [5.41, 5.74) is 7.33. The molecule has 0 aliphatic heterocycles. The van der Waals surface area contributed by atoms with Gasteiger partial charge in [0, 0.05) is 22.6 Å². The lowest BCUT2D eigenvalue weighted by atomic mass is 10.0. The van der Waals surface area contributed by atoms with Crippen molar-refractivity contribution in [1.29, 1.82) is 0 Å². The van der Waals surface area contributed by atoms with Crippen molar-refractivity contribution in [3.05, 3.63) is 101 Å². The van der Waals surface area contributed by atoms with Gasteiger partial charge in [-0.05, 0) is 60.5 Å². The number of nitrogens with zero attached hydrogens (tertiary/aromatic N) is 2. The van der Waals surface area contributed by atoms with Gasteiger partial charge in [0.05, 0.1) is 12.6 Å². The highest BCUT2D eigenvalue weighted by Gasteiger charge is 2.10. The van der Waals surface area contributed by atoms with E-state index >= 15 is 0 Å². The van der Waals surface area contributed by atoms with Crippen LogP contribution in [0.3, 0.4) is 0 Å². The summed E-state index contributed by atoms with van der Waals surface area (Å²) in [4.78, 5) is 12.4. The standard InChI is InChI=1S/C25H22FN3O/c1-17-14-21(18(2)29(17)23-12-10-22(26)11-13-23)16-27-28-25(30)15-20-8-5-7-19-6-3-4-9-24(19)20/h3-14,16H,15H2,1-2H3,(H,28,30). The third-order valence-corrected chi connectivity index (χ3v) is 5.18. The topological polar surface area (TPSA) is 46.4 Å². The summed E-state index contributed by atoms with van der Waals surface area (Å²) in [6.45, 7) is 3.95. The number of carbonyl (C=O) groups is 1. The molecule has 1 N–H and O–H groups in total. The molecule has 0 aliphatic rings. The number of fused-ring (bicyclic) bond motifs is 1. The van der Waals surface area contributed by atoms with Gasteiger partial charge in [0.25, 0.3) is 0 Å². The number of hydrogen-bond donors (Lipinski definition) is 1. The summed E-state index contributed by atoms with van der Waals surface area (Å²) < 4.78 is 15.2. The minimum Gasteiger partial charge on any atom is -0.318 e. The van der Waals surface area contributed by atoms with Gasteiger partial charge in [0.15, 0.2) is 0 Å². The molecule has 4 rings (SSSR count). The van der Waals surface area contributed by atoms with Crippen LogP contribution in [0.2, 0.25) is 0 Å². The second-order valence-electron chi connectivity index (χ2n) is 7.25. The molecule has 0 spiro atoms. The molecule has 0 saturated heterocycles. The van der Waals surface area contributed by atoms with E-state index in [1.165, 1.54) is 12.1 Å². The molecule has 0 aliphatic carbocycles. The van der Waals surface area contributed by atoms with Crippen LogP contribution in [0.25, 0.3) is 16.5 Å². The number of benzene rings is 3. The minimum atomic E-state index is -0.267. The van der Waals surface area contributed by atoms with E-state index in [1.807, 2.05) is 66.9 Å². The Labute approximate surface area is 174 Å². The molecule has 3 aromatic carbocycles. The lowest BCUT2D eigenvalue weighted by Gasteiger charge is -2.09. The summed E-state index contributed by atoms with van der Waals surface area (Å²) in [6, 6.07) is 22.3. The van der Waals surface area contributed by atoms with Crippen LogP contribution in [0.4, 0.5) is 4.39 Å². The first-order chi connectivity index (χ1) is 14.5. The molecule has 0 atom stereocenters. The van der Waals surface area contributed by atoms with Crippen LogP contribution in [0, 0.1) is 19.7 Å². The minimum absolute atomic E-state index is 0.171. The normalized spacial score (nSPS) is 11.3. The van der Waals surface area contributed by atoms with Gasteiger partial charge in [0.1, 0.15) is 5.82 Å². The molecule has 1 aromatic heterocycles. The van der Waals surface area contributed by atoms with Gasteiger partial charge >= 0.3 is 0 Å². The Balaban J connectivity index is 1.47. The van der Waals surface area contributed by atoms with E-state index in [-0.39, 0.29) is 18.1 Å². The summed E-state index contributed by atoms with van der Waals surface area (Å²) >= 11 is 0. The van der Waals surface area contributed by atoms with Gasteiger partial charge in [-0.3, -0.25) is 4.79 Å². The van der Waals surface area contributed by atoms with Gasteiger partial charge in [0.2, 0.25) is 5.91 Å². The van der Waals surface area contributed by atoms with E-state index in [1.54, 1.807) is 18.3 Å². The maximum absolute atomic E-state index is 13.2. The fraction of sp³-hybridized carbons (Fsp3) is 0.120. The first-order valence-electron chi connectivity index (χ1n) is 9.76. The van der Waals surface area contributed by atoms with Crippen molar-refractivity contribution < 1.29 is 9.18 Å². The molecule has 1 heterocycles. The Kier molecular flexibility index (Phi) is 5.44. The predicted octanol–water partition coefficient (Wildman–Crippen LogP) is 5.08. The average Bonchev–Trinajstić information content (AvgIpc) is 3.02. The highest BCUT2D eigenvalue weighted by molar-refractivity contribution is 5.90. The maximum Gasteiger partial charge on any atom is 0.244 e. The number of carbonyl (C=O) groups excluding carboxylic acids is 1. The molecular weight excluding hydrogens is 377 g/mol. The number of hydrazone groups is 1. The van der Waals surface area contributed by atoms with E-state index in [9.17, 15) is 9.18 Å². The van der Waals surface area contributed by atoms with Gasteiger partial charge in [-0.15, -0.1) is 0 Å². The Morgan fingerprint density at radius 3 is 2.57 bits per heavy atom. The van der Waals surface area contributed by atoms with Crippen molar-refractivity contribution in [2.24, 2.45) is 5.10 Å². The van der Waals surface area contributed by atoms with Crippen molar-refractivity contribution in [2.75, 3.05) is 0 Å². The summed E-state index contributed by atoms with van der Waals surface area (Å²) in [5.74, 6) is -0.438. The van der Waals surface area contributed by atoms with Gasteiger partial charge in [-0.2, -0.15) is 5.10 Å². The first kappa shape index (κ1) is 19.6. The summed E-state index contributed by atoms with van der Waals surface area (Å²) in [6.07, 6.45) is 1.90. The van der Waals surface area contributed by atoms with E-state index < -0.39 is 0 Å². The Morgan fingerprint density at radius 1 is 1.03 bits per heavy atom. The molecule has 4 nitrogen and oxygen atoms in total. The van der Waals surface area contributed by atoms with Gasteiger partial charge < -0.3 is 4.57 Å². The molecule has 4 aromatic rings. The Hall–Kier alpha value is -3.73. The second-order valence-corrected chi connectivity index (χ2v) is 7.25. The third kappa shape index (κ3) is 4.01. The predicted molar refractivity (Wildman–Crippen MR) is 119 cm³/mol. The number of halogens is 1. The zero-order valence-electron chi connectivity index (χ0n) is 16.9. The van der Waals surface area contributed by atoms with Crippen LogP contribution in [0.1, 0.15) is 22.5 Å². The van der Waals surface area contributed by atoms with E-state index in [4.69, 9.17) is 0 Å². The second kappa shape index (κ2) is 8.33. The SMILES string of the molecule is Cc1cc(C=NNC(=O)Cc2cccc3ccccc23)c(C)n1-c1ccc(F)cc1. The van der Waals surface area contributed by atoms with Crippen LogP contribution in [-0.4, -0.2) is 16.7 Å². The molecule has 30 heavy (non-hydrogen) atoms. The monoisotopic (exact) mass is 399 g/mol. The van der Waals surface area contributed by atoms with E-state index in [2.05, 4.69) is 10.5 Å². The van der Waals surface area contributed by atoms with Crippen LogP contribution in [-0.2, 0) is 11.2 Å². The molecular formula is C25H22FN3O. The van der Waals surface area contributed by atoms with Gasteiger partial charge in [-0.25, -0.2) is 9.82 Å². The number of aryl methyl sites for hydroxylation is 1. The van der Waals surface area contributed by atoms with Crippen molar-refractivity contribution >= 4 is 22.9 Å².